The van der Waals surface area contributed by atoms with Crippen molar-refractivity contribution >= 4 is 0 Å². The molecule has 0 aliphatic carbocycles. The van der Waals surface area contributed by atoms with Crippen LogP contribution in [0, 0.1) is 11.8 Å². The van der Waals surface area contributed by atoms with Gasteiger partial charge in [0, 0.05) is 0 Å². The molecule has 18 heavy (non-hydrogen) atoms. The average molecular weight is 255 g/mol. The third-order valence-corrected chi connectivity index (χ3v) is 4.39. The van der Waals surface area contributed by atoms with Crippen LogP contribution in [-0.4, -0.2) is 0 Å². The van der Waals surface area contributed by atoms with Gasteiger partial charge in [-0.25, -0.2) is 0 Å². The summed E-state index contributed by atoms with van der Waals surface area (Å²) >= 11 is 0. The fourth-order valence-corrected chi connectivity index (χ4v) is 2.61. The zero-order valence-electron chi connectivity index (χ0n) is 13.6. The standard InChI is InChI=1S/C18H38/c1-5-7-8-9-11-15-18(4)16-13-10-12-14-17(3)6-2/h17-18H,5-16H2,1-4H3. The van der Waals surface area contributed by atoms with E-state index in [4.69, 9.17) is 0 Å². The van der Waals surface area contributed by atoms with Crippen LogP contribution in [0.1, 0.15) is 105 Å². The van der Waals surface area contributed by atoms with E-state index in [0.717, 1.165) is 11.8 Å². The molecule has 2 unspecified atom stereocenters. The molecule has 0 N–H and O–H groups in total. The number of hydrogen-bond acceptors (Lipinski definition) is 0. The maximum absolute atomic E-state index is 2.45. The van der Waals surface area contributed by atoms with Crippen molar-refractivity contribution in [2.24, 2.45) is 11.8 Å². The fraction of sp³-hybridized carbons (Fsp3) is 1.00. The van der Waals surface area contributed by atoms with Gasteiger partial charge in [0.2, 0.25) is 0 Å². The molecule has 2 atom stereocenters. The van der Waals surface area contributed by atoms with Crippen LogP contribution in [0.25, 0.3) is 0 Å². The normalized spacial score (nSPS) is 14.7. The highest BCUT2D eigenvalue weighted by atomic mass is 14.1. The molecule has 0 aromatic carbocycles. The Hall–Kier alpha value is 0. The molecular formula is C18H38. The second-order valence-electron chi connectivity index (χ2n) is 6.46. The van der Waals surface area contributed by atoms with Gasteiger partial charge in [-0.05, 0) is 11.8 Å². The molecule has 0 radical (unpaired) electrons. The highest BCUT2D eigenvalue weighted by Gasteiger charge is 2.03. The zero-order valence-corrected chi connectivity index (χ0v) is 13.6. The highest BCUT2D eigenvalue weighted by Crippen LogP contribution is 2.19. The van der Waals surface area contributed by atoms with Crippen molar-refractivity contribution in [3.05, 3.63) is 0 Å². The van der Waals surface area contributed by atoms with E-state index in [2.05, 4.69) is 27.7 Å². The first-order valence-corrected chi connectivity index (χ1v) is 8.70. The van der Waals surface area contributed by atoms with E-state index in [1.54, 1.807) is 0 Å². The molecule has 0 fully saturated rings. The van der Waals surface area contributed by atoms with Gasteiger partial charge in [0.15, 0.2) is 0 Å². The van der Waals surface area contributed by atoms with Gasteiger partial charge in [0.25, 0.3) is 0 Å². The Balaban J connectivity index is 3.19. The molecule has 0 aromatic rings. The summed E-state index contributed by atoms with van der Waals surface area (Å²) in [5.41, 5.74) is 0. The summed E-state index contributed by atoms with van der Waals surface area (Å²) in [6, 6.07) is 0. The van der Waals surface area contributed by atoms with E-state index in [1.807, 2.05) is 0 Å². The molecule has 0 nitrogen and oxygen atoms in total. The Labute approximate surface area is 117 Å². The average Bonchev–Trinajstić information content (AvgIpc) is 2.37. The van der Waals surface area contributed by atoms with Gasteiger partial charge in [-0.15, -0.1) is 0 Å². The minimum Gasteiger partial charge on any atom is -0.0654 e. The van der Waals surface area contributed by atoms with Crippen molar-refractivity contribution in [3.63, 3.8) is 0 Å². The number of hydrogen-bond donors (Lipinski definition) is 0. The third-order valence-electron chi connectivity index (χ3n) is 4.39. The molecule has 0 heterocycles. The van der Waals surface area contributed by atoms with Crippen LogP contribution in [-0.2, 0) is 0 Å². The second kappa shape index (κ2) is 13.4. The van der Waals surface area contributed by atoms with Crippen LogP contribution in [0.4, 0.5) is 0 Å². The van der Waals surface area contributed by atoms with E-state index in [-0.39, 0.29) is 0 Å². The van der Waals surface area contributed by atoms with Gasteiger partial charge in [-0.3, -0.25) is 0 Å². The summed E-state index contributed by atoms with van der Waals surface area (Å²) in [5.74, 6) is 1.91. The molecule has 0 amide bonds. The Bertz CT molecular complexity index is 150. The lowest BCUT2D eigenvalue weighted by molar-refractivity contribution is 0.420. The van der Waals surface area contributed by atoms with Crippen LogP contribution in [0.5, 0.6) is 0 Å². The van der Waals surface area contributed by atoms with Crippen molar-refractivity contribution in [1.29, 1.82) is 0 Å². The molecular weight excluding hydrogens is 216 g/mol. The third kappa shape index (κ3) is 12.5. The SMILES string of the molecule is CCCCCCCC(C)CCCCCC(C)CC. The largest absolute Gasteiger partial charge is 0.0654 e. The Kier molecular flexibility index (Phi) is 13.4. The summed E-state index contributed by atoms with van der Waals surface area (Å²) in [4.78, 5) is 0. The summed E-state index contributed by atoms with van der Waals surface area (Å²) in [5, 5.41) is 0. The van der Waals surface area contributed by atoms with E-state index < -0.39 is 0 Å². The summed E-state index contributed by atoms with van der Waals surface area (Å²) in [7, 11) is 0. The summed E-state index contributed by atoms with van der Waals surface area (Å²) in [6.45, 7) is 9.45. The van der Waals surface area contributed by atoms with Crippen LogP contribution < -0.4 is 0 Å². The van der Waals surface area contributed by atoms with Gasteiger partial charge in [-0.1, -0.05) is 105 Å². The fourth-order valence-electron chi connectivity index (χ4n) is 2.61. The lowest BCUT2D eigenvalue weighted by Crippen LogP contribution is -1.96. The van der Waals surface area contributed by atoms with Crippen molar-refractivity contribution < 1.29 is 0 Å². The topological polar surface area (TPSA) is 0 Å². The quantitative estimate of drug-likeness (QED) is 0.311. The van der Waals surface area contributed by atoms with Crippen molar-refractivity contribution in [2.75, 3.05) is 0 Å². The molecule has 0 rings (SSSR count). The van der Waals surface area contributed by atoms with E-state index in [1.165, 1.54) is 77.0 Å². The minimum absolute atomic E-state index is 0.945. The molecule has 0 saturated heterocycles. The van der Waals surface area contributed by atoms with Crippen LogP contribution in [0.15, 0.2) is 0 Å². The van der Waals surface area contributed by atoms with E-state index in [0.29, 0.717) is 0 Å². The predicted molar refractivity (Wildman–Crippen MR) is 85.1 cm³/mol. The first-order valence-electron chi connectivity index (χ1n) is 8.70. The first-order chi connectivity index (χ1) is 8.70. The van der Waals surface area contributed by atoms with Gasteiger partial charge in [-0.2, -0.15) is 0 Å². The van der Waals surface area contributed by atoms with Crippen LogP contribution in [0.3, 0.4) is 0 Å². The lowest BCUT2D eigenvalue weighted by atomic mass is 9.95. The van der Waals surface area contributed by atoms with Gasteiger partial charge in [0.05, 0.1) is 0 Å². The maximum Gasteiger partial charge on any atom is -0.0443 e. The molecule has 0 saturated carbocycles. The predicted octanol–water partition coefficient (Wildman–Crippen LogP) is 6.98. The van der Waals surface area contributed by atoms with Gasteiger partial charge in [0.1, 0.15) is 0 Å². The molecule has 0 aliphatic rings. The van der Waals surface area contributed by atoms with E-state index in [9.17, 15) is 0 Å². The molecule has 110 valence electrons. The maximum atomic E-state index is 2.45. The molecule has 0 aromatic heterocycles. The molecule has 0 bridgehead atoms. The molecule has 0 spiro atoms. The van der Waals surface area contributed by atoms with Crippen molar-refractivity contribution in [1.82, 2.24) is 0 Å². The van der Waals surface area contributed by atoms with Crippen molar-refractivity contribution in [2.45, 2.75) is 105 Å². The summed E-state index contributed by atoms with van der Waals surface area (Å²) < 4.78 is 0. The van der Waals surface area contributed by atoms with Gasteiger partial charge >= 0.3 is 0 Å². The number of unbranched alkanes of at least 4 members (excludes halogenated alkanes) is 6. The first kappa shape index (κ1) is 18.0. The van der Waals surface area contributed by atoms with Crippen LogP contribution in [0.2, 0.25) is 0 Å². The van der Waals surface area contributed by atoms with Crippen molar-refractivity contribution in [3.8, 4) is 0 Å². The second-order valence-corrected chi connectivity index (χ2v) is 6.46. The summed E-state index contributed by atoms with van der Waals surface area (Å²) in [6.07, 6.45) is 17.3. The van der Waals surface area contributed by atoms with Gasteiger partial charge < -0.3 is 0 Å². The Morgan fingerprint density at radius 2 is 1.00 bits per heavy atom. The smallest absolute Gasteiger partial charge is 0.0443 e. The minimum atomic E-state index is 0.945. The molecule has 0 aliphatic heterocycles. The Morgan fingerprint density at radius 3 is 1.50 bits per heavy atom. The van der Waals surface area contributed by atoms with Crippen LogP contribution >= 0.6 is 0 Å². The number of rotatable bonds is 13. The molecule has 0 heteroatoms. The van der Waals surface area contributed by atoms with E-state index >= 15 is 0 Å². The monoisotopic (exact) mass is 254 g/mol. The Morgan fingerprint density at radius 1 is 0.556 bits per heavy atom. The highest BCUT2D eigenvalue weighted by molar-refractivity contribution is 4.56. The lowest BCUT2D eigenvalue weighted by Gasteiger charge is -2.12. The zero-order chi connectivity index (χ0) is 13.6.